The summed E-state index contributed by atoms with van der Waals surface area (Å²) in [6.45, 7) is 7.15. The van der Waals surface area contributed by atoms with Crippen LogP contribution in [0.4, 0.5) is 0 Å². The van der Waals surface area contributed by atoms with E-state index in [1.165, 1.54) is 16.7 Å². The standard InChI is InChI=1S/C21H27N5.HI/c1-15-8-5-6-10-19(15)17(3)24-21(22-4)23-12-11-18-14-26-13-7-9-16(2)20(26)25-18;/h5-10,13-14,17H,11-12H2,1-4H3,(H2,22,23,24);1H. The number of nitrogens with one attached hydrogen (secondary N) is 2. The fraction of sp³-hybridized carbons (Fsp3) is 0.333. The number of hydrogen-bond donors (Lipinski definition) is 2. The molecule has 144 valence electrons. The maximum Gasteiger partial charge on any atom is 0.191 e. The summed E-state index contributed by atoms with van der Waals surface area (Å²) in [5.74, 6) is 0.806. The van der Waals surface area contributed by atoms with Gasteiger partial charge in [0, 0.05) is 32.4 Å². The van der Waals surface area contributed by atoms with Gasteiger partial charge in [-0.05, 0) is 43.5 Å². The molecular formula is C21H28IN5. The lowest BCUT2D eigenvalue weighted by molar-refractivity contribution is 0.679. The van der Waals surface area contributed by atoms with Gasteiger partial charge in [-0.3, -0.25) is 4.99 Å². The van der Waals surface area contributed by atoms with Crippen molar-refractivity contribution in [1.82, 2.24) is 20.0 Å². The van der Waals surface area contributed by atoms with Crippen molar-refractivity contribution in [3.8, 4) is 0 Å². The minimum Gasteiger partial charge on any atom is -0.356 e. The molecule has 0 spiro atoms. The van der Waals surface area contributed by atoms with E-state index in [1.54, 1.807) is 7.05 Å². The van der Waals surface area contributed by atoms with Crippen LogP contribution in [0.1, 0.15) is 35.3 Å². The molecule has 1 unspecified atom stereocenters. The van der Waals surface area contributed by atoms with E-state index in [0.717, 1.165) is 30.3 Å². The average molecular weight is 477 g/mol. The summed E-state index contributed by atoms with van der Waals surface area (Å²) in [4.78, 5) is 9.06. The number of aromatic nitrogens is 2. The van der Waals surface area contributed by atoms with E-state index in [-0.39, 0.29) is 30.0 Å². The number of hydrogen-bond acceptors (Lipinski definition) is 2. The summed E-state index contributed by atoms with van der Waals surface area (Å²) >= 11 is 0. The predicted octanol–water partition coefficient (Wildman–Crippen LogP) is 4.04. The van der Waals surface area contributed by atoms with Gasteiger partial charge in [-0.15, -0.1) is 24.0 Å². The second kappa shape index (κ2) is 9.73. The molecule has 5 nitrogen and oxygen atoms in total. The molecular weight excluding hydrogens is 449 g/mol. The minimum atomic E-state index is 0. The average Bonchev–Trinajstić information content (AvgIpc) is 3.05. The Hall–Kier alpha value is -2.09. The molecule has 2 heterocycles. The third-order valence-electron chi connectivity index (χ3n) is 4.63. The molecule has 27 heavy (non-hydrogen) atoms. The Kier molecular flexibility index (Phi) is 7.65. The number of halogens is 1. The fourth-order valence-electron chi connectivity index (χ4n) is 3.18. The van der Waals surface area contributed by atoms with Crippen molar-refractivity contribution in [2.75, 3.05) is 13.6 Å². The largest absolute Gasteiger partial charge is 0.356 e. The van der Waals surface area contributed by atoms with Crippen LogP contribution in [0.25, 0.3) is 5.65 Å². The molecule has 3 aromatic rings. The monoisotopic (exact) mass is 477 g/mol. The first-order chi connectivity index (χ1) is 12.6. The number of benzene rings is 1. The molecule has 0 aliphatic heterocycles. The van der Waals surface area contributed by atoms with Crippen LogP contribution in [0.15, 0.2) is 53.8 Å². The topological polar surface area (TPSA) is 53.7 Å². The molecule has 2 N–H and O–H groups in total. The second-order valence-corrected chi connectivity index (χ2v) is 6.63. The summed E-state index contributed by atoms with van der Waals surface area (Å²) in [6, 6.07) is 12.7. The summed E-state index contributed by atoms with van der Waals surface area (Å²) in [7, 11) is 1.80. The first-order valence-corrected chi connectivity index (χ1v) is 9.04. The van der Waals surface area contributed by atoms with Crippen LogP contribution in [0, 0.1) is 13.8 Å². The fourth-order valence-corrected chi connectivity index (χ4v) is 3.18. The number of pyridine rings is 1. The highest BCUT2D eigenvalue weighted by Gasteiger charge is 2.10. The smallest absolute Gasteiger partial charge is 0.191 e. The lowest BCUT2D eigenvalue weighted by Crippen LogP contribution is -2.39. The molecule has 0 amide bonds. The van der Waals surface area contributed by atoms with Crippen molar-refractivity contribution in [3.05, 3.63) is 71.2 Å². The lowest BCUT2D eigenvalue weighted by atomic mass is 10.0. The van der Waals surface area contributed by atoms with Crippen molar-refractivity contribution in [1.29, 1.82) is 0 Å². The number of nitrogens with zero attached hydrogens (tertiary/aromatic N) is 3. The van der Waals surface area contributed by atoms with Gasteiger partial charge < -0.3 is 15.0 Å². The number of guanidine groups is 1. The highest BCUT2D eigenvalue weighted by molar-refractivity contribution is 14.0. The molecule has 2 aromatic heterocycles. The van der Waals surface area contributed by atoms with E-state index in [1.807, 2.05) is 12.3 Å². The molecule has 1 aromatic carbocycles. The lowest BCUT2D eigenvalue weighted by Gasteiger charge is -2.19. The Balaban J connectivity index is 0.00000261. The molecule has 0 radical (unpaired) electrons. The van der Waals surface area contributed by atoms with Gasteiger partial charge >= 0.3 is 0 Å². The van der Waals surface area contributed by atoms with Crippen LogP contribution in [0.2, 0.25) is 0 Å². The van der Waals surface area contributed by atoms with E-state index < -0.39 is 0 Å². The molecule has 0 aliphatic rings. The van der Waals surface area contributed by atoms with Crippen LogP contribution in [-0.2, 0) is 6.42 Å². The van der Waals surface area contributed by atoms with Gasteiger partial charge in [0.25, 0.3) is 0 Å². The molecule has 0 saturated heterocycles. The first-order valence-electron chi connectivity index (χ1n) is 9.04. The molecule has 0 saturated carbocycles. The Morgan fingerprint density at radius 2 is 1.89 bits per heavy atom. The number of imidazole rings is 1. The van der Waals surface area contributed by atoms with E-state index >= 15 is 0 Å². The third-order valence-corrected chi connectivity index (χ3v) is 4.63. The molecule has 1 atom stereocenters. The molecule has 0 aliphatic carbocycles. The van der Waals surface area contributed by atoms with Crippen LogP contribution < -0.4 is 10.6 Å². The zero-order valence-corrected chi connectivity index (χ0v) is 18.7. The second-order valence-electron chi connectivity index (χ2n) is 6.63. The van der Waals surface area contributed by atoms with Gasteiger partial charge in [-0.1, -0.05) is 30.3 Å². The Labute approximate surface area is 178 Å². The number of fused-ring (bicyclic) bond motifs is 1. The van der Waals surface area contributed by atoms with Crippen molar-refractivity contribution in [3.63, 3.8) is 0 Å². The quantitative estimate of drug-likeness (QED) is 0.332. The van der Waals surface area contributed by atoms with Gasteiger partial charge in [-0.2, -0.15) is 0 Å². The van der Waals surface area contributed by atoms with Gasteiger partial charge in [0.05, 0.1) is 11.7 Å². The third kappa shape index (κ3) is 5.22. The molecule has 0 fully saturated rings. The summed E-state index contributed by atoms with van der Waals surface area (Å²) in [5.41, 5.74) is 5.86. The van der Waals surface area contributed by atoms with Gasteiger partial charge in [0.1, 0.15) is 5.65 Å². The van der Waals surface area contributed by atoms with E-state index in [9.17, 15) is 0 Å². The van der Waals surface area contributed by atoms with Gasteiger partial charge in [0.15, 0.2) is 5.96 Å². The van der Waals surface area contributed by atoms with E-state index in [4.69, 9.17) is 4.98 Å². The number of aliphatic imine (C=N–C) groups is 1. The summed E-state index contributed by atoms with van der Waals surface area (Å²) < 4.78 is 2.08. The van der Waals surface area contributed by atoms with Crippen molar-refractivity contribution < 1.29 is 0 Å². The zero-order chi connectivity index (χ0) is 18.5. The van der Waals surface area contributed by atoms with Gasteiger partial charge in [-0.25, -0.2) is 4.98 Å². The first kappa shape index (κ1) is 21.2. The molecule has 6 heteroatoms. The van der Waals surface area contributed by atoms with E-state index in [0.29, 0.717) is 0 Å². The highest BCUT2D eigenvalue weighted by Crippen LogP contribution is 2.16. The van der Waals surface area contributed by atoms with Crippen molar-refractivity contribution in [2.45, 2.75) is 33.2 Å². The minimum absolute atomic E-state index is 0. The number of rotatable bonds is 5. The van der Waals surface area contributed by atoms with Gasteiger partial charge in [0.2, 0.25) is 0 Å². The molecule has 3 rings (SSSR count). The van der Waals surface area contributed by atoms with Crippen molar-refractivity contribution in [2.24, 2.45) is 4.99 Å². The summed E-state index contributed by atoms with van der Waals surface area (Å²) in [5, 5.41) is 6.85. The Morgan fingerprint density at radius 1 is 1.15 bits per heavy atom. The van der Waals surface area contributed by atoms with Crippen LogP contribution >= 0.6 is 24.0 Å². The maximum atomic E-state index is 4.72. The number of aryl methyl sites for hydroxylation is 2. The highest BCUT2D eigenvalue weighted by atomic mass is 127. The van der Waals surface area contributed by atoms with Crippen LogP contribution in [-0.4, -0.2) is 28.9 Å². The normalized spacial score (nSPS) is 12.5. The Bertz CT molecular complexity index is 916. The maximum absolute atomic E-state index is 4.72. The zero-order valence-electron chi connectivity index (χ0n) is 16.4. The predicted molar refractivity (Wildman–Crippen MR) is 123 cm³/mol. The van der Waals surface area contributed by atoms with E-state index in [2.05, 4.69) is 77.3 Å². The Morgan fingerprint density at radius 3 is 2.59 bits per heavy atom. The van der Waals surface area contributed by atoms with Crippen LogP contribution in [0.3, 0.4) is 0 Å². The summed E-state index contributed by atoms with van der Waals surface area (Å²) in [6.07, 6.45) is 4.98. The SMILES string of the molecule is CN=C(NCCc1cn2cccc(C)c2n1)NC(C)c1ccccc1C.I. The van der Waals surface area contributed by atoms with Crippen LogP contribution in [0.5, 0.6) is 0 Å². The molecule has 0 bridgehead atoms. The van der Waals surface area contributed by atoms with Crippen molar-refractivity contribution >= 4 is 35.6 Å².